The first kappa shape index (κ1) is 25.7. The predicted octanol–water partition coefficient (Wildman–Crippen LogP) is -3.62. The first-order valence-corrected chi connectivity index (χ1v) is 0.548. The van der Waals surface area contributed by atoms with Crippen LogP contribution in [0.25, 0.3) is 0 Å². The van der Waals surface area contributed by atoms with Crippen LogP contribution in [0.2, 0.25) is 0 Å². The molecule has 7 heteroatoms. The third-order valence-corrected chi connectivity index (χ3v) is 0. The fourth-order valence-corrected chi connectivity index (χ4v) is 0. The van der Waals surface area contributed by atoms with Crippen molar-refractivity contribution in [3.05, 3.63) is 15.3 Å². The molecule has 0 saturated heterocycles. The van der Waals surface area contributed by atoms with Gasteiger partial charge in [-0.25, -0.2) is 0 Å². The van der Waals surface area contributed by atoms with Gasteiger partial charge in [0.15, 0.2) is 0 Å². The van der Waals surface area contributed by atoms with Crippen LogP contribution < -0.4 is 12.4 Å². The van der Waals surface area contributed by atoms with Gasteiger partial charge in [0, 0.05) is 0 Å². The van der Waals surface area contributed by atoms with Gasteiger partial charge in [-0.2, -0.15) is 0 Å². The molecule has 0 aromatic rings. The fourth-order valence-electron chi connectivity index (χ4n) is 0. The summed E-state index contributed by atoms with van der Waals surface area (Å²) in [5, 5.41) is 14.8. The number of rotatable bonds is 0. The average Bonchev–Trinajstić information content (AvgIpc) is 0.811. The van der Waals surface area contributed by atoms with Gasteiger partial charge in [-0.1, -0.05) is 0 Å². The summed E-state index contributed by atoms with van der Waals surface area (Å²) in [5.74, 6) is 0. The minimum atomic E-state index is -1.75. The minimum Gasteiger partial charge on any atom is -1.00 e. The van der Waals surface area contributed by atoms with Crippen LogP contribution in [0.1, 0.15) is 0 Å². The van der Waals surface area contributed by atoms with E-state index in [0.717, 1.165) is 0 Å². The van der Waals surface area contributed by atoms with Gasteiger partial charge in [-0.3, -0.25) is 0 Å². The zero-order chi connectivity index (χ0) is 3.58. The standard InChI is InChI=1S/Al.ClH.Fe.NO3/c;;;2-1(3)4/h;1H;;/q+3;;+2;-1/p-1. The van der Waals surface area contributed by atoms with Crippen LogP contribution in [0, 0.1) is 15.3 Å². The molecule has 38 valence electrons. The van der Waals surface area contributed by atoms with Crippen molar-refractivity contribution in [2.45, 2.75) is 0 Å². The molecular formula is AlClFeNO3+3. The van der Waals surface area contributed by atoms with Crippen LogP contribution in [-0.2, 0) is 17.1 Å². The molecule has 0 unspecified atom stereocenters. The molecular weight excluding hydrogens is 180 g/mol. The van der Waals surface area contributed by atoms with Crippen molar-refractivity contribution >= 4 is 17.4 Å². The Balaban J connectivity index is -0.0000000150. The maximum atomic E-state index is 8.25. The zero-order valence-corrected chi connectivity index (χ0v) is 6.00. The molecule has 0 atom stereocenters. The Bertz CT molecular complexity index is 37.9. The van der Waals surface area contributed by atoms with Crippen LogP contribution in [-0.4, -0.2) is 22.4 Å². The maximum absolute atomic E-state index is 8.25. The second kappa shape index (κ2) is 16.0. The molecule has 4 nitrogen and oxygen atoms in total. The van der Waals surface area contributed by atoms with E-state index in [2.05, 4.69) is 0 Å². The third kappa shape index (κ3) is 459. The topological polar surface area (TPSA) is 66.2 Å². The van der Waals surface area contributed by atoms with Gasteiger partial charge >= 0.3 is 34.4 Å². The van der Waals surface area contributed by atoms with Gasteiger partial charge in [0.1, 0.15) is 0 Å². The summed E-state index contributed by atoms with van der Waals surface area (Å²) in [6, 6.07) is 0. The van der Waals surface area contributed by atoms with Crippen LogP contribution >= 0.6 is 0 Å². The summed E-state index contributed by atoms with van der Waals surface area (Å²) >= 11 is 0. The summed E-state index contributed by atoms with van der Waals surface area (Å²) in [6.45, 7) is 0. The van der Waals surface area contributed by atoms with Crippen molar-refractivity contribution in [3.8, 4) is 0 Å². The molecule has 0 rings (SSSR count). The second-order valence-corrected chi connectivity index (χ2v) is 0.224. The number of hydrogen-bond acceptors (Lipinski definition) is 3. The summed E-state index contributed by atoms with van der Waals surface area (Å²) in [4.78, 5) is 8.25. The van der Waals surface area contributed by atoms with E-state index in [1.54, 1.807) is 0 Å². The monoisotopic (exact) mass is 180 g/mol. The molecule has 0 N–H and O–H groups in total. The van der Waals surface area contributed by atoms with Crippen molar-refractivity contribution in [1.82, 2.24) is 0 Å². The van der Waals surface area contributed by atoms with Crippen LogP contribution in [0.5, 0.6) is 0 Å². The Kier molecular flexibility index (Phi) is 58.9. The van der Waals surface area contributed by atoms with Gasteiger partial charge in [0.25, 0.3) is 0 Å². The molecule has 0 heterocycles. The Morgan fingerprint density at radius 3 is 1.29 bits per heavy atom. The Morgan fingerprint density at radius 2 is 1.29 bits per heavy atom. The summed E-state index contributed by atoms with van der Waals surface area (Å²) in [6.07, 6.45) is 0. The minimum absolute atomic E-state index is 0. The van der Waals surface area contributed by atoms with E-state index >= 15 is 0 Å². The molecule has 0 fully saturated rings. The largest absolute Gasteiger partial charge is 3.00 e. The van der Waals surface area contributed by atoms with Crippen LogP contribution in [0.4, 0.5) is 0 Å². The van der Waals surface area contributed by atoms with Gasteiger partial charge in [-0.05, 0) is 0 Å². The van der Waals surface area contributed by atoms with Crippen molar-refractivity contribution in [3.63, 3.8) is 0 Å². The Hall–Kier alpha value is 0.542. The maximum Gasteiger partial charge on any atom is 3.00 e. The molecule has 0 amide bonds. The predicted molar refractivity (Wildman–Crippen MR) is 16.1 cm³/mol. The molecule has 0 aromatic carbocycles. The fraction of sp³-hybridized carbons (Fsp3) is 0. The van der Waals surface area contributed by atoms with E-state index in [0.29, 0.717) is 0 Å². The Labute approximate surface area is 67.4 Å². The molecule has 0 aliphatic heterocycles. The SMILES string of the molecule is O=[N+]([O-])[O-].[Al+3].[Cl-].[Fe+2]. The zero-order valence-electron chi connectivity index (χ0n) is 2.98. The van der Waals surface area contributed by atoms with Gasteiger partial charge in [0.05, 0.1) is 5.09 Å². The van der Waals surface area contributed by atoms with E-state index in [4.69, 9.17) is 15.3 Å². The smallest absolute Gasteiger partial charge is 1.00 e. The summed E-state index contributed by atoms with van der Waals surface area (Å²) in [5.41, 5.74) is 0. The molecule has 7 heavy (non-hydrogen) atoms. The van der Waals surface area contributed by atoms with Crippen molar-refractivity contribution in [1.29, 1.82) is 0 Å². The number of halogens is 1. The van der Waals surface area contributed by atoms with E-state index in [9.17, 15) is 0 Å². The molecule has 0 aliphatic carbocycles. The first-order chi connectivity index (χ1) is 1.73. The molecule has 0 saturated carbocycles. The molecule has 0 spiro atoms. The number of nitrogens with zero attached hydrogens (tertiary/aromatic N) is 1. The van der Waals surface area contributed by atoms with Crippen LogP contribution in [0.3, 0.4) is 0 Å². The average molecular weight is 180 g/mol. The molecule has 0 bridgehead atoms. The van der Waals surface area contributed by atoms with E-state index < -0.39 is 5.09 Å². The Morgan fingerprint density at radius 1 is 1.29 bits per heavy atom. The van der Waals surface area contributed by atoms with Gasteiger partial charge < -0.3 is 27.7 Å². The van der Waals surface area contributed by atoms with E-state index in [1.165, 1.54) is 0 Å². The van der Waals surface area contributed by atoms with Gasteiger partial charge in [-0.15, -0.1) is 0 Å². The molecule has 0 radical (unpaired) electrons. The summed E-state index contributed by atoms with van der Waals surface area (Å²) in [7, 11) is 0. The van der Waals surface area contributed by atoms with E-state index in [-0.39, 0.29) is 46.8 Å². The second-order valence-electron chi connectivity index (χ2n) is 0.224. The van der Waals surface area contributed by atoms with Crippen molar-refractivity contribution < 1.29 is 34.6 Å². The number of hydrogen-bond donors (Lipinski definition) is 0. The third-order valence-electron chi connectivity index (χ3n) is 0. The quantitative estimate of drug-likeness (QED) is 0.220. The van der Waals surface area contributed by atoms with Crippen molar-refractivity contribution in [2.24, 2.45) is 0 Å². The molecule has 0 aliphatic rings. The van der Waals surface area contributed by atoms with Gasteiger partial charge in [0.2, 0.25) is 0 Å². The normalized spacial score (nSPS) is 3.43. The summed E-state index contributed by atoms with van der Waals surface area (Å²) < 4.78 is 0. The van der Waals surface area contributed by atoms with Crippen molar-refractivity contribution in [2.75, 3.05) is 0 Å². The molecule has 0 aromatic heterocycles. The first-order valence-electron chi connectivity index (χ1n) is 0.548. The van der Waals surface area contributed by atoms with E-state index in [1.807, 2.05) is 0 Å². The van der Waals surface area contributed by atoms with Crippen LogP contribution in [0.15, 0.2) is 0 Å².